The third-order valence-corrected chi connectivity index (χ3v) is 3.42. The number of carbonyl (C=O) groups is 1. The molecule has 0 spiro atoms. The van der Waals surface area contributed by atoms with E-state index in [1.807, 2.05) is 46.0 Å². The second-order valence-electron chi connectivity index (χ2n) is 5.56. The van der Waals surface area contributed by atoms with Crippen LogP contribution in [0, 0.1) is 0 Å². The van der Waals surface area contributed by atoms with Crippen LogP contribution in [-0.2, 0) is 0 Å². The van der Waals surface area contributed by atoms with Gasteiger partial charge in [-0.2, -0.15) is 4.98 Å². The predicted octanol–water partition coefficient (Wildman–Crippen LogP) is 2.20. The van der Waals surface area contributed by atoms with E-state index < -0.39 is 0 Å². The van der Waals surface area contributed by atoms with Gasteiger partial charge in [-0.05, 0) is 26.1 Å². The highest BCUT2D eigenvalue weighted by molar-refractivity contribution is 5.99. The number of rotatable bonds is 6. The van der Waals surface area contributed by atoms with E-state index in [9.17, 15) is 4.79 Å². The minimum absolute atomic E-state index is 0.151. The molecule has 6 heteroatoms. The molecular formula is C16H22N4O2. The average Bonchev–Trinajstić information content (AvgIpc) is 3.02. The highest BCUT2D eigenvalue weighted by atomic mass is 16.5. The van der Waals surface area contributed by atoms with Crippen molar-refractivity contribution in [3.05, 3.63) is 35.7 Å². The van der Waals surface area contributed by atoms with E-state index >= 15 is 0 Å². The lowest BCUT2D eigenvalue weighted by molar-refractivity contribution is 0.0951. The molecule has 0 aliphatic heterocycles. The second kappa shape index (κ2) is 7.17. The van der Waals surface area contributed by atoms with Gasteiger partial charge in [0, 0.05) is 18.5 Å². The molecule has 6 nitrogen and oxygen atoms in total. The molecule has 2 aromatic rings. The summed E-state index contributed by atoms with van der Waals surface area (Å²) >= 11 is 0. The lowest BCUT2D eigenvalue weighted by Crippen LogP contribution is -2.37. The van der Waals surface area contributed by atoms with Gasteiger partial charge in [-0.1, -0.05) is 31.1 Å². The number of hydrogen-bond donors (Lipinski definition) is 2. The highest BCUT2D eigenvalue weighted by Crippen LogP contribution is 2.23. The topological polar surface area (TPSA) is 80.0 Å². The minimum atomic E-state index is -0.151. The van der Waals surface area contributed by atoms with E-state index in [-0.39, 0.29) is 17.9 Å². The fraction of sp³-hybridized carbons (Fsp3) is 0.438. The zero-order valence-corrected chi connectivity index (χ0v) is 13.4. The maximum absolute atomic E-state index is 12.4. The van der Waals surface area contributed by atoms with Gasteiger partial charge in [-0.3, -0.25) is 4.79 Å². The van der Waals surface area contributed by atoms with Crippen LogP contribution in [-0.4, -0.2) is 35.7 Å². The van der Waals surface area contributed by atoms with Gasteiger partial charge in [0.25, 0.3) is 11.8 Å². The summed E-state index contributed by atoms with van der Waals surface area (Å²) in [6.07, 6.45) is 0. The molecule has 0 fully saturated rings. The molecule has 1 unspecified atom stereocenters. The van der Waals surface area contributed by atoms with Gasteiger partial charge >= 0.3 is 0 Å². The lowest BCUT2D eigenvalue weighted by atomic mass is 10.1. The van der Waals surface area contributed by atoms with Crippen LogP contribution in [0.2, 0.25) is 0 Å². The maximum atomic E-state index is 12.4. The minimum Gasteiger partial charge on any atom is -0.350 e. The Morgan fingerprint density at radius 2 is 2.00 bits per heavy atom. The monoisotopic (exact) mass is 302 g/mol. The van der Waals surface area contributed by atoms with E-state index in [0.717, 1.165) is 0 Å². The summed E-state index contributed by atoms with van der Waals surface area (Å²) in [7, 11) is 1.86. The molecule has 1 aromatic carbocycles. The van der Waals surface area contributed by atoms with Crippen LogP contribution in [0.3, 0.4) is 0 Å². The van der Waals surface area contributed by atoms with Crippen molar-refractivity contribution in [3.63, 3.8) is 0 Å². The van der Waals surface area contributed by atoms with Crippen LogP contribution < -0.4 is 10.6 Å². The van der Waals surface area contributed by atoms with Gasteiger partial charge < -0.3 is 15.2 Å². The third kappa shape index (κ3) is 3.71. The normalized spacial score (nSPS) is 12.4. The molecular weight excluding hydrogens is 280 g/mol. The number of nitrogens with zero attached hydrogens (tertiary/aromatic N) is 2. The Hall–Kier alpha value is -2.21. The molecule has 2 rings (SSSR count). The summed E-state index contributed by atoms with van der Waals surface area (Å²) in [5.74, 6) is 1.03. The first-order chi connectivity index (χ1) is 10.5. The van der Waals surface area contributed by atoms with Crippen molar-refractivity contribution in [2.45, 2.75) is 32.7 Å². The molecule has 22 heavy (non-hydrogen) atoms. The zero-order valence-electron chi connectivity index (χ0n) is 13.4. The second-order valence-corrected chi connectivity index (χ2v) is 5.56. The van der Waals surface area contributed by atoms with Crippen LogP contribution in [0.4, 0.5) is 0 Å². The lowest BCUT2D eigenvalue weighted by Gasteiger charge is -2.12. The highest BCUT2D eigenvalue weighted by Gasteiger charge is 2.18. The summed E-state index contributed by atoms with van der Waals surface area (Å²) in [6, 6.07) is 7.44. The van der Waals surface area contributed by atoms with Gasteiger partial charge in [0.05, 0.1) is 11.1 Å². The number of benzene rings is 1. The summed E-state index contributed by atoms with van der Waals surface area (Å²) in [6.45, 7) is 6.53. The van der Waals surface area contributed by atoms with Crippen molar-refractivity contribution < 1.29 is 9.32 Å². The summed E-state index contributed by atoms with van der Waals surface area (Å²) in [5, 5.41) is 9.93. The van der Waals surface area contributed by atoms with Crippen molar-refractivity contribution in [1.82, 2.24) is 20.8 Å². The van der Waals surface area contributed by atoms with E-state index in [0.29, 0.717) is 29.4 Å². The molecule has 118 valence electrons. The largest absolute Gasteiger partial charge is 0.350 e. The van der Waals surface area contributed by atoms with Crippen molar-refractivity contribution in [2.24, 2.45) is 0 Å². The van der Waals surface area contributed by atoms with Crippen LogP contribution in [0.1, 0.15) is 42.9 Å². The van der Waals surface area contributed by atoms with Crippen LogP contribution in [0.15, 0.2) is 28.8 Å². The van der Waals surface area contributed by atoms with Crippen molar-refractivity contribution in [3.8, 4) is 11.5 Å². The molecule has 0 saturated carbocycles. The van der Waals surface area contributed by atoms with E-state index in [1.54, 1.807) is 6.07 Å². The molecule has 0 bridgehead atoms. The fourth-order valence-corrected chi connectivity index (χ4v) is 1.89. The van der Waals surface area contributed by atoms with Crippen LogP contribution in [0.25, 0.3) is 11.5 Å². The van der Waals surface area contributed by atoms with Crippen LogP contribution >= 0.6 is 0 Å². The summed E-state index contributed by atoms with van der Waals surface area (Å²) in [4.78, 5) is 16.7. The standard InChI is InChI=1S/C16H22N4O2/c1-10(2)14-19-16(22-20-14)13-8-6-5-7-12(13)15(21)18-9-11(3)17-4/h5-8,10-11,17H,9H2,1-4H3,(H,18,21). The molecule has 1 amide bonds. The number of amides is 1. The Bertz CT molecular complexity index is 637. The van der Waals surface area contributed by atoms with Crippen molar-refractivity contribution in [2.75, 3.05) is 13.6 Å². The Balaban J connectivity index is 2.24. The Labute approximate surface area is 130 Å². The molecule has 1 heterocycles. The molecule has 2 N–H and O–H groups in total. The van der Waals surface area contributed by atoms with Gasteiger partial charge in [0.2, 0.25) is 0 Å². The quantitative estimate of drug-likeness (QED) is 0.855. The number of aromatic nitrogens is 2. The zero-order chi connectivity index (χ0) is 16.1. The Kier molecular flexibility index (Phi) is 5.27. The van der Waals surface area contributed by atoms with E-state index in [1.165, 1.54) is 0 Å². The first-order valence-electron chi connectivity index (χ1n) is 7.41. The Morgan fingerprint density at radius 3 is 2.64 bits per heavy atom. The molecule has 0 aliphatic carbocycles. The van der Waals surface area contributed by atoms with Crippen molar-refractivity contribution in [1.29, 1.82) is 0 Å². The Morgan fingerprint density at radius 1 is 1.27 bits per heavy atom. The predicted molar refractivity (Wildman–Crippen MR) is 84.7 cm³/mol. The van der Waals surface area contributed by atoms with Crippen LogP contribution in [0.5, 0.6) is 0 Å². The smallest absolute Gasteiger partial charge is 0.258 e. The SMILES string of the molecule is CNC(C)CNC(=O)c1ccccc1-c1nc(C(C)C)no1. The summed E-state index contributed by atoms with van der Waals surface area (Å²) < 4.78 is 5.30. The average molecular weight is 302 g/mol. The fourth-order valence-electron chi connectivity index (χ4n) is 1.89. The molecule has 0 aliphatic rings. The first kappa shape index (κ1) is 16.2. The first-order valence-corrected chi connectivity index (χ1v) is 7.41. The van der Waals surface area contributed by atoms with Gasteiger partial charge in [0.1, 0.15) is 0 Å². The molecule has 0 saturated heterocycles. The van der Waals surface area contributed by atoms with Gasteiger partial charge in [-0.25, -0.2) is 0 Å². The number of hydrogen-bond acceptors (Lipinski definition) is 5. The maximum Gasteiger partial charge on any atom is 0.258 e. The molecule has 0 radical (unpaired) electrons. The third-order valence-electron chi connectivity index (χ3n) is 3.42. The summed E-state index contributed by atoms with van der Waals surface area (Å²) in [5.41, 5.74) is 1.18. The number of likely N-dealkylation sites (N-methyl/N-ethyl adjacent to an activating group) is 1. The van der Waals surface area contributed by atoms with E-state index in [2.05, 4.69) is 20.8 Å². The number of nitrogens with one attached hydrogen (secondary N) is 2. The van der Waals surface area contributed by atoms with E-state index in [4.69, 9.17) is 4.52 Å². The van der Waals surface area contributed by atoms with Gasteiger partial charge in [-0.15, -0.1) is 0 Å². The van der Waals surface area contributed by atoms with Crippen molar-refractivity contribution >= 4 is 5.91 Å². The molecule has 1 atom stereocenters. The molecule has 1 aromatic heterocycles. The number of carbonyl (C=O) groups excluding carboxylic acids is 1. The van der Waals surface area contributed by atoms with Gasteiger partial charge in [0.15, 0.2) is 5.82 Å².